The molecule has 0 saturated carbocycles. The highest BCUT2D eigenvalue weighted by Gasteiger charge is 2.23. The van der Waals surface area contributed by atoms with E-state index < -0.39 is 0 Å². The number of nitrogens with one attached hydrogen (secondary N) is 1. The summed E-state index contributed by atoms with van der Waals surface area (Å²) >= 11 is 1.49. The van der Waals surface area contributed by atoms with Gasteiger partial charge in [-0.1, -0.05) is 17.8 Å². The molecule has 1 amide bonds. The molecule has 3 rings (SSSR count). The van der Waals surface area contributed by atoms with Crippen molar-refractivity contribution in [2.45, 2.75) is 63.2 Å². The van der Waals surface area contributed by atoms with Gasteiger partial charge in [-0.15, -0.1) is 0 Å². The lowest BCUT2D eigenvalue weighted by Gasteiger charge is -2.17. The Hall–Kier alpha value is -2.19. The molecule has 0 spiro atoms. The van der Waals surface area contributed by atoms with Gasteiger partial charge < -0.3 is 24.1 Å². The van der Waals surface area contributed by atoms with Gasteiger partial charge in [0.1, 0.15) is 0 Å². The highest BCUT2D eigenvalue weighted by molar-refractivity contribution is 8.00. The van der Waals surface area contributed by atoms with Crippen LogP contribution in [0.4, 0.5) is 0 Å². The Kier molecular flexibility index (Phi) is 7.66. The van der Waals surface area contributed by atoms with Crippen molar-refractivity contribution in [3.63, 3.8) is 0 Å². The number of thioether (sulfide) groups is 1. The second-order valence-corrected chi connectivity index (χ2v) is 8.79. The van der Waals surface area contributed by atoms with Gasteiger partial charge >= 0.3 is 0 Å². The number of amides is 1. The normalized spacial score (nSPS) is 17.0. The van der Waals surface area contributed by atoms with Crippen LogP contribution < -0.4 is 14.8 Å². The number of methoxy groups -OCH3 is 2. The second kappa shape index (κ2) is 10.2. The summed E-state index contributed by atoms with van der Waals surface area (Å²) < 4.78 is 18.6. The standard InChI is InChI=1S/C22H31N3O4S/c1-14-15(2)25(13-18-7-6-10-29-18)22(24-14)30-16(3)21(26)23-12-17-8-9-19(27-4)20(11-17)28-5/h8-9,11,16,18H,6-7,10,12-13H2,1-5H3,(H,23,26). The smallest absolute Gasteiger partial charge is 0.233 e. The summed E-state index contributed by atoms with van der Waals surface area (Å²) in [5.41, 5.74) is 3.07. The predicted molar refractivity (Wildman–Crippen MR) is 117 cm³/mol. The number of aromatic nitrogens is 2. The molecule has 164 valence electrons. The Balaban J connectivity index is 1.61. The summed E-state index contributed by atoms with van der Waals surface area (Å²) in [5, 5.41) is 3.60. The number of aryl methyl sites for hydroxylation is 1. The van der Waals surface area contributed by atoms with Gasteiger partial charge in [0.05, 0.1) is 37.8 Å². The zero-order valence-electron chi connectivity index (χ0n) is 18.4. The lowest BCUT2D eigenvalue weighted by molar-refractivity contribution is -0.120. The van der Waals surface area contributed by atoms with Crippen molar-refractivity contribution in [3.8, 4) is 11.5 Å². The van der Waals surface area contributed by atoms with Crippen LogP contribution in [0, 0.1) is 13.8 Å². The van der Waals surface area contributed by atoms with E-state index in [0.717, 1.165) is 48.1 Å². The zero-order valence-corrected chi connectivity index (χ0v) is 19.2. The molecule has 1 aliphatic heterocycles. The van der Waals surface area contributed by atoms with Crippen LogP contribution in [0.25, 0.3) is 0 Å². The van der Waals surface area contributed by atoms with Crippen molar-refractivity contribution >= 4 is 17.7 Å². The van der Waals surface area contributed by atoms with Gasteiger partial charge in [-0.3, -0.25) is 4.79 Å². The molecular weight excluding hydrogens is 402 g/mol. The Morgan fingerprint density at radius 1 is 1.33 bits per heavy atom. The highest BCUT2D eigenvalue weighted by Crippen LogP contribution is 2.29. The summed E-state index contributed by atoms with van der Waals surface area (Å²) in [4.78, 5) is 17.4. The molecule has 0 bridgehead atoms. The second-order valence-electron chi connectivity index (χ2n) is 7.48. The van der Waals surface area contributed by atoms with E-state index in [9.17, 15) is 4.79 Å². The molecule has 2 atom stereocenters. The number of ether oxygens (including phenoxy) is 3. The maximum absolute atomic E-state index is 12.7. The minimum Gasteiger partial charge on any atom is -0.493 e. The van der Waals surface area contributed by atoms with Crippen molar-refractivity contribution in [1.29, 1.82) is 0 Å². The molecule has 0 aliphatic carbocycles. The first-order valence-corrected chi connectivity index (χ1v) is 11.1. The topological polar surface area (TPSA) is 74.6 Å². The lowest BCUT2D eigenvalue weighted by atomic mass is 10.2. The molecule has 0 radical (unpaired) electrons. The van der Waals surface area contributed by atoms with Crippen LogP contribution in [0.15, 0.2) is 23.4 Å². The van der Waals surface area contributed by atoms with Gasteiger partial charge in [0.25, 0.3) is 0 Å². The first kappa shape index (κ1) is 22.5. The van der Waals surface area contributed by atoms with E-state index in [0.29, 0.717) is 18.0 Å². The molecule has 1 aromatic carbocycles. The average molecular weight is 434 g/mol. The summed E-state index contributed by atoms with van der Waals surface area (Å²) in [5.74, 6) is 1.28. The van der Waals surface area contributed by atoms with Crippen molar-refractivity contribution in [3.05, 3.63) is 35.2 Å². The number of hydrogen-bond donors (Lipinski definition) is 1. The van der Waals surface area contributed by atoms with E-state index in [1.54, 1.807) is 14.2 Å². The lowest BCUT2D eigenvalue weighted by Crippen LogP contribution is -2.30. The Labute approximate surface area is 182 Å². The summed E-state index contributed by atoms with van der Waals surface area (Å²) in [6.45, 7) is 8.02. The van der Waals surface area contributed by atoms with E-state index in [4.69, 9.17) is 19.2 Å². The summed E-state index contributed by atoms with van der Waals surface area (Å²) in [6.07, 6.45) is 2.41. The van der Waals surface area contributed by atoms with Crippen LogP contribution in [0.3, 0.4) is 0 Å². The Morgan fingerprint density at radius 2 is 2.10 bits per heavy atom. The van der Waals surface area contributed by atoms with Crippen LogP contribution in [0.2, 0.25) is 0 Å². The van der Waals surface area contributed by atoms with Crippen LogP contribution in [0.1, 0.15) is 36.7 Å². The molecule has 1 aromatic heterocycles. The fourth-order valence-corrected chi connectivity index (χ4v) is 4.49. The number of nitrogens with zero attached hydrogens (tertiary/aromatic N) is 2. The third-order valence-corrected chi connectivity index (χ3v) is 6.49. The summed E-state index contributed by atoms with van der Waals surface area (Å²) in [6, 6.07) is 5.63. The van der Waals surface area contributed by atoms with Gasteiger partial charge in [-0.05, 0) is 51.3 Å². The van der Waals surface area contributed by atoms with Crippen LogP contribution in [-0.2, 0) is 22.6 Å². The monoisotopic (exact) mass is 433 g/mol. The Bertz CT molecular complexity index is 878. The maximum Gasteiger partial charge on any atom is 0.233 e. The minimum atomic E-state index is -0.269. The van der Waals surface area contributed by atoms with E-state index in [2.05, 4.69) is 16.8 Å². The first-order chi connectivity index (χ1) is 14.4. The molecule has 1 aliphatic rings. The average Bonchev–Trinajstić information content (AvgIpc) is 3.35. The third-order valence-electron chi connectivity index (χ3n) is 5.40. The van der Waals surface area contributed by atoms with Gasteiger partial charge in [0.2, 0.25) is 5.91 Å². The Morgan fingerprint density at radius 3 is 2.77 bits per heavy atom. The fraction of sp³-hybridized carbons (Fsp3) is 0.545. The van der Waals surface area contributed by atoms with E-state index in [1.165, 1.54) is 11.8 Å². The van der Waals surface area contributed by atoms with Crippen LogP contribution in [0.5, 0.6) is 11.5 Å². The predicted octanol–water partition coefficient (Wildman–Crippen LogP) is 3.49. The van der Waals surface area contributed by atoms with Gasteiger partial charge in [-0.25, -0.2) is 4.98 Å². The molecule has 8 heteroatoms. The molecule has 1 saturated heterocycles. The van der Waals surface area contributed by atoms with Crippen molar-refractivity contribution in [1.82, 2.24) is 14.9 Å². The van der Waals surface area contributed by atoms with Crippen LogP contribution >= 0.6 is 11.8 Å². The molecule has 30 heavy (non-hydrogen) atoms. The quantitative estimate of drug-likeness (QED) is 0.610. The number of carbonyl (C=O) groups excluding carboxylic acids is 1. The van der Waals surface area contributed by atoms with E-state index >= 15 is 0 Å². The molecule has 7 nitrogen and oxygen atoms in total. The molecule has 1 N–H and O–H groups in total. The molecule has 2 aromatic rings. The van der Waals surface area contributed by atoms with Gasteiger partial charge in [0, 0.05) is 18.8 Å². The molecular formula is C22H31N3O4S. The molecule has 2 unspecified atom stereocenters. The maximum atomic E-state index is 12.7. The summed E-state index contributed by atoms with van der Waals surface area (Å²) in [7, 11) is 3.20. The third kappa shape index (κ3) is 5.29. The van der Waals surface area contributed by atoms with Gasteiger partial charge in [0.15, 0.2) is 16.7 Å². The number of carbonyl (C=O) groups is 1. The van der Waals surface area contributed by atoms with Gasteiger partial charge in [-0.2, -0.15) is 0 Å². The van der Waals surface area contributed by atoms with E-state index in [-0.39, 0.29) is 17.3 Å². The number of hydrogen-bond acceptors (Lipinski definition) is 6. The van der Waals surface area contributed by atoms with Crippen molar-refractivity contribution < 1.29 is 19.0 Å². The molecule has 1 fully saturated rings. The SMILES string of the molecule is COc1ccc(CNC(=O)C(C)Sc2nc(C)c(C)n2CC2CCCO2)cc1OC. The van der Waals surface area contributed by atoms with E-state index in [1.807, 2.05) is 32.0 Å². The molecule has 2 heterocycles. The zero-order chi connectivity index (χ0) is 21.7. The number of benzene rings is 1. The first-order valence-electron chi connectivity index (χ1n) is 10.2. The van der Waals surface area contributed by atoms with Crippen LogP contribution in [-0.4, -0.2) is 47.6 Å². The van der Waals surface area contributed by atoms with Crippen molar-refractivity contribution in [2.75, 3.05) is 20.8 Å². The fourth-order valence-electron chi connectivity index (χ4n) is 3.46. The highest BCUT2D eigenvalue weighted by atomic mass is 32.2. The largest absolute Gasteiger partial charge is 0.493 e. The minimum absolute atomic E-state index is 0.0308. The van der Waals surface area contributed by atoms with Crippen molar-refractivity contribution in [2.24, 2.45) is 0 Å². The number of rotatable bonds is 9. The number of imidazole rings is 1.